The van der Waals surface area contributed by atoms with Crippen LogP contribution in [0.1, 0.15) is 22.3 Å². The molecule has 0 spiro atoms. The molecule has 1 heterocycles. The zero-order valence-electron chi connectivity index (χ0n) is 13.8. The predicted octanol–water partition coefficient (Wildman–Crippen LogP) is 3.17. The monoisotopic (exact) mass is 325 g/mol. The number of hydrogen-bond donors (Lipinski definition) is 0. The molecule has 0 N–H and O–H groups in total. The number of carbonyl (C=O) groups excluding carboxylic acids is 1. The molecule has 0 unspecified atom stereocenters. The van der Waals surface area contributed by atoms with Crippen LogP contribution in [0.15, 0.2) is 54.6 Å². The molecule has 1 fully saturated rings. The summed E-state index contributed by atoms with van der Waals surface area (Å²) in [6.07, 6.45) is 0.506. The number of para-hydroxylation sites is 1. The topological polar surface area (TPSA) is 38.8 Å². The van der Waals surface area contributed by atoms with Crippen molar-refractivity contribution in [2.75, 3.05) is 32.8 Å². The first kappa shape index (κ1) is 16.7. The van der Waals surface area contributed by atoms with Crippen molar-refractivity contribution in [1.29, 1.82) is 0 Å². The van der Waals surface area contributed by atoms with Crippen LogP contribution < -0.4 is 4.74 Å². The fraction of sp³-hybridized carbons (Fsp3) is 0.350. The van der Waals surface area contributed by atoms with Gasteiger partial charge < -0.3 is 9.47 Å². The van der Waals surface area contributed by atoms with Gasteiger partial charge in [-0.25, -0.2) is 0 Å². The summed E-state index contributed by atoms with van der Waals surface area (Å²) in [6.45, 7) is 4.55. The summed E-state index contributed by atoms with van der Waals surface area (Å²) in [4.78, 5) is 14.9. The third kappa shape index (κ3) is 4.66. The Morgan fingerprint density at radius 3 is 2.50 bits per heavy atom. The fourth-order valence-electron chi connectivity index (χ4n) is 2.78. The first-order valence-electron chi connectivity index (χ1n) is 8.42. The van der Waals surface area contributed by atoms with E-state index in [0.29, 0.717) is 24.3 Å². The van der Waals surface area contributed by atoms with Gasteiger partial charge in [-0.15, -0.1) is 0 Å². The summed E-state index contributed by atoms with van der Waals surface area (Å²) >= 11 is 0. The number of rotatable bonds is 7. The molecule has 24 heavy (non-hydrogen) atoms. The molecule has 1 aliphatic heterocycles. The summed E-state index contributed by atoms with van der Waals surface area (Å²) in [6, 6.07) is 17.5. The molecule has 4 heteroatoms. The number of carbonyl (C=O) groups is 1. The van der Waals surface area contributed by atoms with Gasteiger partial charge in [-0.1, -0.05) is 42.5 Å². The molecule has 0 saturated carbocycles. The SMILES string of the molecule is O=C(CCN1CCOCC1)c1ccccc1OCc1ccccc1. The Morgan fingerprint density at radius 2 is 1.71 bits per heavy atom. The molecular formula is C20H23NO3. The smallest absolute Gasteiger partial charge is 0.167 e. The van der Waals surface area contributed by atoms with Gasteiger partial charge in [0.15, 0.2) is 5.78 Å². The van der Waals surface area contributed by atoms with Crippen LogP contribution in [0.5, 0.6) is 5.75 Å². The van der Waals surface area contributed by atoms with Crippen molar-refractivity contribution in [2.24, 2.45) is 0 Å². The lowest BCUT2D eigenvalue weighted by atomic mass is 10.1. The number of hydrogen-bond acceptors (Lipinski definition) is 4. The molecule has 0 radical (unpaired) electrons. The van der Waals surface area contributed by atoms with Gasteiger partial charge in [0.2, 0.25) is 0 Å². The number of benzene rings is 2. The van der Waals surface area contributed by atoms with Crippen molar-refractivity contribution < 1.29 is 14.3 Å². The maximum absolute atomic E-state index is 12.6. The van der Waals surface area contributed by atoms with E-state index >= 15 is 0 Å². The van der Waals surface area contributed by atoms with Gasteiger partial charge in [-0.2, -0.15) is 0 Å². The van der Waals surface area contributed by atoms with Crippen LogP contribution in [0.25, 0.3) is 0 Å². The number of morpholine rings is 1. The lowest BCUT2D eigenvalue weighted by molar-refractivity contribution is 0.0370. The van der Waals surface area contributed by atoms with E-state index in [1.54, 1.807) is 0 Å². The minimum absolute atomic E-state index is 0.130. The maximum Gasteiger partial charge on any atom is 0.167 e. The van der Waals surface area contributed by atoms with Crippen molar-refractivity contribution in [2.45, 2.75) is 13.0 Å². The summed E-state index contributed by atoms with van der Waals surface area (Å²) in [7, 11) is 0. The second-order valence-corrected chi connectivity index (χ2v) is 5.90. The molecular weight excluding hydrogens is 302 g/mol. The van der Waals surface area contributed by atoms with Crippen LogP contribution in [0.3, 0.4) is 0 Å². The molecule has 0 amide bonds. The van der Waals surface area contributed by atoms with E-state index in [4.69, 9.17) is 9.47 Å². The van der Waals surface area contributed by atoms with Crippen molar-refractivity contribution >= 4 is 5.78 Å². The number of ether oxygens (including phenoxy) is 2. The average Bonchev–Trinajstić information content (AvgIpc) is 2.66. The van der Waals surface area contributed by atoms with Gasteiger partial charge in [0.25, 0.3) is 0 Å². The van der Waals surface area contributed by atoms with Crippen LogP contribution >= 0.6 is 0 Å². The summed E-state index contributed by atoms with van der Waals surface area (Å²) < 4.78 is 11.2. The molecule has 1 aliphatic rings. The van der Waals surface area contributed by atoms with E-state index in [0.717, 1.165) is 38.4 Å². The minimum atomic E-state index is 0.130. The minimum Gasteiger partial charge on any atom is -0.488 e. The lowest BCUT2D eigenvalue weighted by Gasteiger charge is -2.26. The highest BCUT2D eigenvalue weighted by Crippen LogP contribution is 2.21. The van der Waals surface area contributed by atoms with Gasteiger partial charge in [-0.05, 0) is 17.7 Å². The van der Waals surface area contributed by atoms with E-state index < -0.39 is 0 Å². The van der Waals surface area contributed by atoms with Crippen molar-refractivity contribution in [1.82, 2.24) is 4.90 Å². The van der Waals surface area contributed by atoms with Gasteiger partial charge in [0.05, 0.1) is 18.8 Å². The molecule has 2 aromatic rings. The van der Waals surface area contributed by atoms with Gasteiger partial charge in [-0.3, -0.25) is 9.69 Å². The highest BCUT2D eigenvalue weighted by atomic mass is 16.5. The van der Waals surface area contributed by atoms with Crippen LogP contribution in [-0.4, -0.2) is 43.5 Å². The number of ketones is 1. The Balaban J connectivity index is 1.59. The van der Waals surface area contributed by atoms with Crippen molar-refractivity contribution in [3.63, 3.8) is 0 Å². The molecule has 126 valence electrons. The Kier molecular flexibility index (Phi) is 5.99. The van der Waals surface area contributed by atoms with Crippen LogP contribution in [0.4, 0.5) is 0 Å². The zero-order chi connectivity index (χ0) is 16.6. The summed E-state index contributed by atoms with van der Waals surface area (Å²) in [5.41, 5.74) is 1.76. The fourth-order valence-corrected chi connectivity index (χ4v) is 2.78. The van der Waals surface area contributed by atoms with E-state index in [-0.39, 0.29) is 5.78 Å². The maximum atomic E-state index is 12.6. The molecule has 3 rings (SSSR count). The third-order valence-corrected chi connectivity index (χ3v) is 4.18. The average molecular weight is 325 g/mol. The Hall–Kier alpha value is -2.17. The highest BCUT2D eigenvalue weighted by molar-refractivity contribution is 5.98. The molecule has 0 atom stereocenters. The quantitative estimate of drug-likeness (QED) is 0.733. The number of Topliss-reactive ketones (excluding diaryl/α,β-unsaturated/α-hetero) is 1. The van der Waals surface area contributed by atoms with Gasteiger partial charge in [0.1, 0.15) is 12.4 Å². The molecule has 0 bridgehead atoms. The Labute approximate surface area is 143 Å². The van der Waals surface area contributed by atoms with E-state index in [1.807, 2.05) is 54.6 Å². The van der Waals surface area contributed by atoms with Gasteiger partial charge >= 0.3 is 0 Å². The highest BCUT2D eigenvalue weighted by Gasteiger charge is 2.15. The normalized spacial score (nSPS) is 15.2. The third-order valence-electron chi connectivity index (χ3n) is 4.18. The van der Waals surface area contributed by atoms with Gasteiger partial charge in [0, 0.05) is 26.1 Å². The molecule has 0 aromatic heterocycles. The molecule has 4 nitrogen and oxygen atoms in total. The molecule has 1 saturated heterocycles. The van der Waals surface area contributed by atoms with E-state index in [2.05, 4.69) is 4.90 Å². The van der Waals surface area contributed by atoms with Crippen LogP contribution in [0.2, 0.25) is 0 Å². The first-order chi connectivity index (χ1) is 11.8. The zero-order valence-corrected chi connectivity index (χ0v) is 13.8. The second-order valence-electron chi connectivity index (χ2n) is 5.90. The second kappa shape index (κ2) is 8.62. The van der Waals surface area contributed by atoms with Crippen molar-refractivity contribution in [3.05, 3.63) is 65.7 Å². The Morgan fingerprint density at radius 1 is 1.00 bits per heavy atom. The molecule has 2 aromatic carbocycles. The van der Waals surface area contributed by atoms with E-state index in [1.165, 1.54) is 0 Å². The lowest BCUT2D eigenvalue weighted by Crippen LogP contribution is -2.37. The predicted molar refractivity (Wildman–Crippen MR) is 93.4 cm³/mol. The first-order valence-corrected chi connectivity index (χ1v) is 8.42. The Bertz CT molecular complexity index is 651. The summed E-state index contributed by atoms with van der Waals surface area (Å²) in [5, 5.41) is 0. The molecule has 0 aliphatic carbocycles. The summed E-state index contributed by atoms with van der Waals surface area (Å²) in [5.74, 6) is 0.790. The number of nitrogens with zero attached hydrogens (tertiary/aromatic N) is 1. The van der Waals surface area contributed by atoms with Crippen LogP contribution in [-0.2, 0) is 11.3 Å². The van der Waals surface area contributed by atoms with E-state index in [9.17, 15) is 4.79 Å². The van der Waals surface area contributed by atoms with Crippen LogP contribution in [0, 0.1) is 0 Å². The standard InChI is InChI=1S/C20H23NO3/c22-19(10-11-21-12-14-23-15-13-21)18-8-4-5-9-20(18)24-16-17-6-2-1-3-7-17/h1-9H,10-16H2. The largest absolute Gasteiger partial charge is 0.488 e. The van der Waals surface area contributed by atoms with Crippen molar-refractivity contribution in [3.8, 4) is 5.75 Å².